The van der Waals surface area contributed by atoms with Crippen molar-refractivity contribution in [2.75, 3.05) is 73.8 Å². The SMILES string of the molecule is CC(=O)c1cn(CCCN2C3CCC2CC(OCC2CC2)C3)c2ccc(Br)cc12.CCCOC1CCN(CCCn2cc(C(C)=O)c3cccc(OC)c32)CC1.COc1ccc2[nH]c3c(c2c1)CCN(CCCn1cc(C(C)=O)c2cccc(OC)c21)C3. The van der Waals surface area contributed by atoms with Gasteiger partial charge in [0, 0.05) is 162 Å². The van der Waals surface area contributed by atoms with Crippen LogP contribution in [0.15, 0.2) is 95.9 Å². The van der Waals surface area contributed by atoms with Crippen molar-refractivity contribution in [3.8, 4) is 17.2 Å². The second-order valence-electron chi connectivity index (χ2n) is 25.2. The standard InChI is InChI=1S/C26H29N3O3.C24H31BrN2O2.C22H32N2O3/c1-17(30)22-15-29(26-20(22)6-4-7-25(26)32-3)12-5-11-28-13-10-19-21-14-18(31-2)8-9-23(21)27-24(19)16-28;1-16(28)23-14-26(24-8-5-18(25)11-22(23)24)9-2-10-27-19-6-7-20(27)13-21(12-19)29-15-17-3-4-17;1-4-15-27-18-9-13-23(14-10-18)11-6-12-24-16-20(17(2)25)19-7-5-8-21(26-3)22(19)24/h4,6-9,14-15,27H,5,10-13,16H2,1-3H3;5,8,11,14,17,19-21H,2-4,6-7,9-10,12-13,15H2,1H3;5,7-8,16,18H,4,6,9-15H2,1-3H3. The van der Waals surface area contributed by atoms with Gasteiger partial charge in [-0.3, -0.25) is 24.2 Å². The second-order valence-corrected chi connectivity index (χ2v) is 26.2. The first-order valence-electron chi connectivity index (χ1n) is 32.5. The summed E-state index contributed by atoms with van der Waals surface area (Å²) in [5.41, 5.74) is 9.47. The van der Waals surface area contributed by atoms with Gasteiger partial charge < -0.3 is 47.3 Å². The number of aryl methyl sites for hydroxylation is 3. The van der Waals surface area contributed by atoms with E-state index in [1.807, 2.05) is 61.1 Å². The first-order valence-corrected chi connectivity index (χ1v) is 33.3. The highest BCUT2D eigenvalue weighted by Gasteiger charge is 2.41. The molecule has 2 unspecified atom stereocenters. The first-order chi connectivity index (χ1) is 42.8. The highest BCUT2D eigenvalue weighted by molar-refractivity contribution is 9.10. The molecule has 5 aliphatic rings. The molecule has 4 aromatic carbocycles. The molecule has 8 aromatic rings. The van der Waals surface area contributed by atoms with E-state index in [4.69, 9.17) is 23.7 Å². The van der Waals surface area contributed by atoms with Gasteiger partial charge in [0.15, 0.2) is 17.3 Å². The monoisotopic (exact) mass is 1260 g/mol. The van der Waals surface area contributed by atoms with E-state index in [-0.39, 0.29) is 17.3 Å². The van der Waals surface area contributed by atoms with Crippen LogP contribution in [0.25, 0.3) is 43.6 Å². The largest absolute Gasteiger partial charge is 0.497 e. The van der Waals surface area contributed by atoms with Gasteiger partial charge in [-0.15, -0.1) is 0 Å². The van der Waals surface area contributed by atoms with Crippen molar-refractivity contribution in [3.63, 3.8) is 0 Å². The van der Waals surface area contributed by atoms with Crippen molar-refractivity contribution < 1.29 is 38.1 Å². The number of nitrogens with one attached hydrogen (secondary N) is 1. The average molecular weight is 1260 g/mol. The molecule has 4 aliphatic heterocycles. The molecule has 2 bridgehead atoms. The van der Waals surface area contributed by atoms with Crippen LogP contribution < -0.4 is 14.2 Å². The molecule has 1 N–H and O–H groups in total. The van der Waals surface area contributed by atoms with Crippen LogP contribution in [-0.4, -0.2) is 149 Å². The zero-order valence-corrected chi connectivity index (χ0v) is 54.6. The van der Waals surface area contributed by atoms with Crippen molar-refractivity contribution in [2.45, 2.75) is 162 Å². The number of ketones is 3. The molecule has 15 nitrogen and oxygen atoms in total. The fraction of sp³-hybridized carbons (Fsp3) is 0.514. The summed E-state index contributed by atoms with van der Waals surface area (Å²) in [6, 6.07) is 25.7. The number of H-pyrrole nitrogens is 1. The Kier molecular flexibility index (Phi) is 21.0. The molecule has 470 valence electrons. The Hall–Kier alpha value is -6.27. The number of rotatable bonds is 24. The molecule has 1 saturated carbocycles. The third-order valence-corrected chi connectivity index (χ3v) is 19.7. The lowest BCUT2D eigenvalue weighted by molar-refractivity contribution is -0.0241. The summed E-state index contributed by atoms with van der Waals surface area (Å²) in [5, 5.41) is 4.28. The van der Waals surface area contributed by atoms with E-state index in [0.717, 1.165) is 201 Å². The molecule has 4 aromatic heterocycles. The van der Waals surface area contributed by atoms with Crippen molar-refractivity contribution in [3.05, 3.63) is 124 Å². The van der Waals surface area contributed by atoms with Crippen LogP contribution in [0.2, 0.25) is 0 Å². The van der Waals surface area contributed by atoms with Crippen LogP contribution in [0.3, 0.4) is 0 Å². The number of hydrogen-bond donors (Lipinski definition) is 1. The lowest BCUT2D eigenvalue weighted by atomic mass is 9.99. The maximum Gasteiger partial charge on any atom is 0.161 e. The molecular weight excluding hydrogens is 1170 g/mol. The van der Waals surface area contributed by atoms with Gasteiger partial charge in [0.1, 0.15) is 17.2 Å². The summed E-state index contributed by atoms with van der Waals surface area (Å²) >= 11 is 3.54. The van der Waals surface area contributed by atoms with E-state index in [2.05, 4.69) is 86.6 Å². The summed E-state index contributed by atoms with van der Waals surface area (Å²) in [6.07, 6.45) is 22.4. The Morgan fingerprint density at radius 3 is 1.76 bits per heavy atom. The molecule has 16 heteroatoms. The average Bonchev–Trinajstić information content (AvgIpc) is 2.01. The first kappa shape index (κ1) is 63.3. The third kappa shape index (κ3) is 14.6. The number of carbonyl (C=O) groups excluding carboxylic acids is 3. The molecule has 4 fully saturated rings. The lowest BCUT2D eigenvalue weighted by Gasteiger charge is -2.39. The molecule has 3 saturated heterocycles. The Bertz CT molecular complexity index is 3700. The number of aromatic amines is 1. The topological polar surface area (TPSA) is 138 Å². The molecule has 0 radical (unpaired) electrons. The van der Waals surface area contributed by atoms with Crippen molar-refractivity contribution >= 4 is 76.9 Å². The zero-order valence-electron chi connectivity index (χ0n) is 53.1. The van der Waals surface area contributed by atoms with Gasteiger partial charge in [0.25, 0.3) is 0 Å². The van der Waals surface area contributed by atoms with Gasteiger partial charge >= 0.3 is 0 Å². The number of fused-ring (bicyclic) bond motifs is 8. The van der Waals surface area contributed by atoms with Crippen LogP contribution in [-0.2, 0) is 42.1 Å². The highest BCUT2D eigenvalue weighted by atomic mass is 79.9. The molecule has 8 heterocycles. The summed E-state index contributed by atoms with van der Waals surface area (Å²) in [4.78, 5) is 47.6. The van der Waals surface area contributed by atoms with Gasteiger partial charge in [0.2, 0.25) is 0 Å². The minimum atomic E-state index is 0.0843. The number of hydrogen-bond acceptors (Lipinski definition) is 11. The van der Waals surface area contributed by atoms with Crippen LogP contribution in [0.5, 0.6) is 17.2 Å². The number of benzene rings is 4. The number of ether oxygens (including phenoxy) is 5. The van der Waals surface area contributed by atoms with Crippen molar-refractivity contribution in [1.82, 2.24) is 33.4 Å². The smallest absolute Gasteiger partial charge is 0.161 e. The highest BCUT2D eigenvalue weighted by Crippen LogP contribution is 2.39. The Balaban J connectivity index is 0.000000137. The number of para-hydroxylation sites is 2. The molecule has 0 spiro atoms. The maximum atomic E-state index is 12.2. The van der Waals surface area contributed by atoms with Crippen LogP contribution in [0.4, 0.5) is 0 Å². The maximum absolute atomic E-state index is 12.2. The van der Waals surface area contributed by atoms with Gasteiger partial charge in [-0.25, -0.2) is 0 Å². The van der Waals surface area contributed by atoms with E-state index >= 15 is 0 Å². The quantitative estimate of drug-likeness (QED) is 0.0579. The molecular formula is C72H92BrN7O8. The summed E-state index contributed by atoms with van der Waals surface area (Å²) in [7, 11) is 5.08. The van der Waals surface area contributed by atoms with Crippen LogP contribution >= 0.6 is 15.9 Å². The van der Waals surface area contributed by atoms with Crippen LogP contribution in [0, 0.1) is 5.92 Å². The van der Waals surface area contributed by atoms with Crippen molar-refractivity contribution in [2.24, 2.45) is 5.92 Å². The molecule has 88 heavy (non-hydrogen) atoms. The van der Waals surface area contributed by atoms with E-state index in [0.29, 0.717) is 24.3 Å². The zero-order chi connectivity index (χ0) is 61.4. The van der Waals surface area contributed by atoms with Gasteiger partial charge in [-0.1, -0.05) is 47.1 Å². The third-order valence-electron chi connectivity index (χ3n) is 19.2. The molecule has 1 aliphatic carbocycles. The van der Waals surface area contributed by atoms with E-state index in [1.165, 1.54) is 60.7 Å². The van der Waals surface area contributed by atoms with Gasteiger partial charge in [-0.05, 0) is 171 Å². The Morgan fingerprint density at radius 2 is 1.17 bits per heavy atom. The molecule has 13 rings (SSSR count). The lowest BCUT2D eigenvalue weighted by Crippen LogP contribution is -2.46. The predicted molar refractivity (Wildman–Crippen MR) is 355 cm³/mol. The number of carbonyl (C=O) groups is 3. The summed E-state index contributed by atoms with van der Waals surface area (Å²) in [5.74, 6) is 3.73. The number of likely N-dealkylation sites (tertiary alicyclic amines) is 1. The normalized spacial score (nSPS) is 19.0. The van der Waals surface area contributed by atoms with E-state index in [9.17, 15) is 14.4 Å². The number of halogens is 1. The fourth-order valence-electron chi connectivity index (χ4n) is 14.4. The molecule has 0 amide bonds. The van der Waals surface area contributed by atoms with Crippen LogP contribution in [0.1, 0.15) is 147 Å². The summed E-state index contributed by atoms with van der Waals surface area (Å²) in [6.45, 7) is 19.1. The number of Topliss-reactive ketones (excluding diaryl/α,β-unsaturated/α-hetero) is 3. The van der Waals surface area contributed by atoms with E-state index < -0.39 is 0 Å². The van der Waals surface area contributed by atoms with Crippen molar-refractivity contribution in [1.29, 1.82) is 0 Å². The number of aromatic nitrogens is 4. The number of nitrogens with zero attached hydrogens (tertiary/aromatic N) is 6. The number of methoxy groups -OCH3 is 3. The predicted octanol–water partition coefficient (Wildman–Crippen LogP) is 14.3. The van der Waals surface area contributed by atoms with Gasteiger partial charge in [-0.2, -0.15) is 0 Å². The Labute approximate surface area is 528 Å². The molecule has 2 atom stereocenters. The second kappa shape index (κ2) is 29.1. The van der Waals surface area contributed by atoms with Gasteiger partial charge in [0.05, 0.1) is 44.6 Å². The minimum absolute atomic E-state index is 0.0843. The minimum Gasteiger partial charge on any atom is -0.497 e. The fourth-order valence-corrected chi connectivity index (χ4v) is 14.8. The Morgan fingerprint density at radius 1 is 0.580 bits per heavy atom. The number of piperidine rings is 2. The summed E-state index contributed by atoms with van der Waals surface area (Å²) < 4.78 is 36.3. The van der Waals surface area contributed by atoms with E-state index in [1.54, 1.807) is 42.1 Å².